The van der Waals surface area contributed by atoms with Crippen LogP contribution in [0.5, 0.6) is 0 Å². The molecule has 1 saturated heterocycles. The van der Waals surface area contributed by atoms with Gasteiger partial charge in [0.2, 0.25) is 0 Å². The Balaban J connectivity index is 1.50. The number of hydrogen-bond acceptors (Lipinski definition) is 4. The van der Waals surface area contributed by atoms with E-state index in [2.05, 4.69) is 10.1 Å². The normalized spacial score (nSPS) is 18.1. The molecule has 9 heteroatoms. The van der Waals surface area contributed by atoms with E-state index in [1.807, 2.05) is 23.1 Å². The lowest BCUT2D eigenvalue weighted by Gasteiger charge is -2.26. The highest BCUT2D eigenvalue weighted by Crippen LogP contribution is 2.37. The summed E-state index contributed by atoms with van der Waals surface area (Å²) >= 11 is 0. The number of anilines is 1. The second-order valence-electron chi connectivity index (χ2n) is 8.05. The Morgan fingerprint density at radius 2 is 1.82 bits per heavy atom. The van der Waals surface area contributed by atoms with Crippen molar-refractivity contribution in [3.63, 3.8) is 0 Å². The van der Waals surface area contributed by atoms with E-state index in [1.54, 1.807) is 23.0 Å². The predicted molar refractivity (Wildman–Crippen MR) is 116 cm³/mol. The minimum Gasteiger partial charge on any atom is -0.346 e. The summed E-state index contributed by atoms with van der Waals surface area (Å²) in [6.45, 7) is 0.354. The number of fused-ring (bicyclic) bond motifs is 1. The average Bonchev–Trinajstić information content (AvgIpc) is 3.45. The standard InChI is InChI=1S/C24H20F3N5O/c1-30(24(33)23-18(26)6-3-7-19(23)27)17-13-20(15-4-2-5-16(25)12-15)31(14-17)22-9-8-21-28-10-11-32(21)29-22/h2-12,17,20H,13-14H2,1H3/t17-,20+/m0/s1. The molecule has 0 bridgehead atoms. The number of carbonyl (C=O) groups excluding carboxylic acids is 1. The number of halogens is 3. The molecular weight excluding hydrogens is 431 g/mol. The molecule has 0 saturated carbocycles. The number of hydrogen-bond donors (Lipinski definition) is 0. The minimum atomic E-state index is -0.907. The molecule has 1 aliphatic heterocycles. The first kappa shape index (κ1) is 21.0. The zero-order valence-electron chi connectivity index (χ0n) is 17.7. The molecule has 2 aromatic carbocycles. The first-order valence-electron chi connectivity index (χ1n) is 10.5. The number of imidazole rings is 1. The quantitative estimate of drug-likeness (QED) is 0.466. The van der Waals surface area contributed by atoms with E-state index in [0.717, 1.165) is 17.7 Å². The van der Waals surface area contributed by atoms with Gasteiger partial charge < -0.3 is 9.80 Å². The molecule has 0 spiro atoms. The van der Waals surface area contributed by atoms with Crippen LogP contribution in [0, 0.1) is 17.5 Å². The summed E-state index contributed by atoms with van der Waals surface area (Å²) in [5.74, 6) is -2.30. The van der Waals surface area contributed by atoms with Crippen LogP contribution in [-0.2, 0) is 0 Å². The van der Waals surface area contributed by atoms with Crippen LogP contribution in [0.25, 0.3) is 5.65 Å². The molecule has 0 unspecified atom stereocenters. The highest BCUT2D eigenvalue weighted by Gasteiger charge is 2.38. The second-order valence-corrected chi connectivity index (χ2v) is 8.05. The smallest absolute Gasteiger partial charge is 0.259 e. The van der Waals surface area contributed by atoms with Gasteiger partial charge in [0.05, 0.1) is 12.1 Å². The molecule has 33 heavy (non-hydrogen) atoms. The summed E-state index contributed by atoms with van der Waals surface area (Å²) in [6.07, 6.45) is 3.80. The number of benzene rings is 2. The van der Waals surface area contributed by atoms with E-state index in [4.69, 9.17) is 0 Å². The Morgan fingerprint density at radius 1 is 1.06 bits per heavy atom. The van der Waals surface area contributed by atoms with Crippen molar-refractivity contribution >= 4 is 17.4 Å². The second kappa shape index (κ2) is 8.23. The van der Waals surface area contributed by atoms with E-state index in [1.165, 1.54) is 30.1 Å². The average molecular weight is 451 g/mol. The zero-order valence-corrected chi connectivity index (χ0v) is 17.7. The molecule has 1 amide bonds. The van der Waals surface area contributed by atoms with Crippen molar-refractivity contribution < 1.29 is 18.0 Å². The largest absolute Gasteiger partial charge is 0.346 e. The Labute approximate surface area is 187 Å². The van der Waals surface area contributed by atoms with Crippen molar-refractivity contribution in [1.82, 2.24) is 19.5 Å². The predicted octanol–water partition coefficient (Wildman–Crippen LogP) is 4.24. The van der Waals surface area contributed by atoms with Gasteiger partial charge in [0.15, 0.2) is 5.65 Å². The summed E-state index contributed by atoms with van der Waals surface area (Å²) in [5, 5.41) is 4.60. The third kappa shape index (κ3) is 3.79. The van der Waals surface area contributed by atoms with Crippen molar-refractivity contribution in [3.8, 4) is 0 Å². The molecule has 168 valence electrons. The van der Waals surface area contributed by atoms with Gasteiger partial charge in [-0.15, -0.1) is 5.10 Å². The van der Waals surface area contributed by atoms with Gasteiger partial charge in [-0.1, -0.05) is 18.2 Å². The molecule has 5 rings (SSSR count). The molecule has 2 aromatic heterocycles. The van der Waals surface area contributed by atoms with E-state index in [-0.39, 0.29) is 17.9 Å². The summed E-state index contributed by atoms with van der Waals surface area (Å²) in [6, 6.07) is 12.6. The molecule has 0 aliphatic carbocycles. The van der Waals surface area contributed by atoms with Gasteiger partial charge in [-0.25, -0.2) is 22.7 Å². The van der Waals surface area contributed by atoms with Gasteiger partial charge in [-0.3, -0.25) is 4.79 Å². The Bertz CT molecular complexity index is 1320. The molecule has 3 heterocycles. The highest BCUT2D eigenvalue weighted by atomic mass is 19.1. The molecule has 1 aliphatic rings. The lowest BCUT2D eigenvalue weighted by molar-refractivity contribution is 0.0733. The fourth-order valence-electron chi connectivity index (χ4n) is 4.38. The number of rotatable bonds is 4. The van der Waals surface area contributed by atoms with E-state index >= 15 is 0 Å². The third-order valence-corrected chi connectivity index (χ3v) is 6.09. The SMILES string of the molecule is CN(C(=O)c1c(F)cccc1F)[C@H]1C[C@H](c2cccc(F)c2)N(c2ccc3nccn3n2)C1. The molecule has 1 fully saturated rings. The molecule has 6 nitrogen and oxygen atoms in total. The van der Waals surface area contributed by atoms with Crippen LogP contribution in [0.1, 0.15) is 28.4 Å². The van der Waals surface area contributed by atoms with Gasteiger partial charge in [-0.2, -0.15) is 0 Å². The van der Waals surface area contributed by atoms with Crippen LogP contribution in [-0.4, -0.2) is 45.0 Å². The molecule has 2 atom stereocenters. The number of likely N-dealkylation sites (N-methyl/N-ethyl adjacent to an activating group) is 1. The lowest BCUT2D eigenvalue weighted by Crippen LogP contribution is -2.40. The van der Waals surface area contributed by atoms with Crippen molar-refractivity contribution in [2.45, 2.75) is 18.5 Å². The first-order chi connectivity index (χ1) is 15.9. The van der Waals surface area contributed by atoms with Crippen molar-refractivity contribution in [2.75, 3.05) is 18.5 Å². The van der Waals surface area contributed by atoms with E-state index in [0.29, 0.717) is 24.4 Å². The highest BCUT2D eigenvalue weighted by molar-refractivity contribution is 5.95. The Morgan fingerprint density at radius 3 is 2.58 bits per heavy atom. The van der Waals surface area contributed by atoms with Crippen LogP contribution in [0.3, 0.4) is 0 Å². The summed E-state index contributed by atoms with van der Waals surface area (Å²) in [4.78, 5) is 20.5. The maximum absolute atomic E-state index is 14.2. The topological polar surface area (TPSA) is 53.7 Å². The lowest BCUT2D eigenvalue weighted by atomic mass is 10.0. The fourth-order valence-corrected chi connectivity index (χ4v) is 4.38. The van der Waals surface area contributed by atoms with Gasteiger partial charge >= 0.3 is 0 Å². The Kier molecular flexibility index (Phi) is 5.24. The third-order valence-electron chi connectivity index (χ3n) is 6.09. The first-order valence-corrected chi connectivity index (χ1v) is 10.5. The monoisotopic (exact) mass is 451 g/mol. The summed E-state index contributed by atoms with van der Waals surface area (Å²) < 4.78 is 44.1. The van der Waals surface area contributed by atoms with Crippen molar-refractivity contribution in [3.05, 3.63) is 95.6 Å². The maximum Gasteiger partial charge on any atom is 0.259 e. The molecule has 0 N–H and O–H groups in total. The van der Waals surface area contributed by atoms with Crippen LogP contribution < -0.4 is 4.90 Å². The van der Waals surface area contributed by atoms with Crippen molar-refractivity contribution in [1.29, 1.82) is 0 Å². The Hall–Kier alpha value is -3.88. The van der Waals surface area contributed by atoms with Gasteiger partial charge in [0.1, 0.15) is 28.8 Å². The molecular formula is C24H20F3N5O. The number of amides is 1. The van der Waals surface area contributed by atoms with Gasteiger partial charge in [-0.05, 0) is 48.4 Å². The van der Waals surface area contributed by atoms with Gasteiger partial charge in [0.25, 0.3) is 5.91 Å². The number of aromatic nitrogens is 3. The van der Waals surface area contributed by atoms with E-state index in [9.17, 15) is 18.0 Å². The zero-order chi connectivity index (χ0) is 23.1. The van der Waals surface area contributed by atoms with Gasteiger partial charge in [0, 0.05) is 26.0 Å². The van der Waals surface area contributed by atoms with Crippen molar-refractivity contribution in [2.24, 2.45) is 0 Å². The van der Waals surface area contributed by atoms with Crippen LogP contribution in [0.2, 0.25) is 0 Å². The molecule has 4 aromatic rings. The fraction of sp³-hybridized carbons (Fsp3) is 0.208. The number of carbonyl (C=O) groups is 1. The van der Waals surface area contributed by atoms with E-state index < -0.39 is 23.1 Å². The molecule has 0 radical (unpaired) electrons. The number of nitrogens with zero attached hydrogens (tertiary/aromatic N) is 5. The van der Waals surface area contributed by atoms with Crippen LogP contribution in [0.4, 0.5) is 19.0 Å². The minimum absolute atomic E-state index is 0.292. The summed E-state index contributed by atoms with van der Waals surface area (Å²) in [5.41, 5.74) is 0.820. The summed E-state index contributed by atoms with van der Waals surface area (Å²) in [7, 11) is 1.53. The maximum atomic E-state index is 14.2. The van der Waals surface area contributed by atoms with Crippen LogP contribution in [0.15, 0.2) is 67.0 Å². The van der Waals surface area contributed by atoms with Crippen LogP contribution >= 0.6 is 0 Å².